The van der Waals surface area contributed by atoms with Gasteiger partial charge in [-0.1, -0.05) is 23.7 Å². The number of halogens is 1. The lowest BCUT2D eigenvalue weighted by molar-refractivity contribution is -0.165. The number of nitrogens with zero attached hydrogens (tertiary/aromatic N) is 1. The molecule has 1 aromatic carbocycles. The fourth-order valence-electron chi connectivity index (χ4n) is 1.91. The monoisotopic (exact) mass is 299 g/mol. The Morgan fingerprint density at radius 2 is 1.65 bits per heavy atom. The number of benzene rings is 1. The van der Waals surface area contributed by atoms with Gasteiger partial charge in [-0.25, -0.2) is 0 Å². The topological polar surface area (TPSA) is 77.8 Å². The van der Waals surface area contributed by atoms with Crippen molar-refractivity contribution in [2.45, 2.75) is 12.8 Å². The lowest BCUT2D eigenvalue weighted by Crippen LogP contribution is -2.43. The van der Waals surface area contributed by atoms with Crippen molar-refractivity contribution < 1.29 is 19.8 Å². The molecule has 0 saturated carbocycles. The molecule has 0 spiro atoms. The van der Waals surface area contributed by atoms with Crippen LogP contribution < -0.4 is 0 Å². The van der Waals surface area contributed by atoms with Crippen LogP contribution in [0.1, 0.15) is 12.0 Å². The number of carboxylic acid groups (broad SMARTS) is 2. The van der Waals surface area contributed by atoms with E-state index in [1.807, 2.05) is 0 Å². The molecule has 0 atom stereocenters. The van der Waals surface area contributed by atoms with Crippen molar-refractivity contribution in [2.75, 3.05) is 20.6 Å². The van der Waals surface area contributed by atoms with Gasteiger partial charge in [-0.05, 0) is 51.2 Å². The van der Waals surface area contributed by atoms with E-state index in [-0.39, 0.29) is 12.8 Å². The first-order valence-corrected chi connectivity index (χ1v) is 6.52. The molecule has 2 N–H and O–H groups in total. The van der Waals surface area contributed by atoms with Crippen LogP contribution in [-0.4, -0.2) is 47.7 Å². The minimum absolute atomic E-state index is 0.0350. The molecule has 0 saturated heterocycles. The summed E-state index contributed by atoms with van der Waals surface area (Å²) in [6.07, 6.45) is -0.0318. The summed E-state index contributed by atoms with van der Waals surface area (Å²) in [4.78, 5) is 24.8. The van der Waals surface area contributed by atoms with E-state index in [4.69, 9.17) is 11.6 Å². The Morgan fingerprint density at radius 1 is 1.15 bits per heavy atom. The molecule has 1 rings (SSSR count). The van der Waals surface area contributed by atoms with Crippen LogP contribution in [-0.2, 0) is 16.0 Å². The van der Waals surface area contributed by atoms with Crippen molar-refractivity contribution in [3.63, 3.8) is 0 Å². The highest BCUT2D eigenvalue weighted by Gasteiger charge is 2.46. The minimum atomic E-state index is -1.82. The SMILES string of the molecule is CN(C)CCC(Cc1ccc(Cl)cc1)(C(=O)O)C(=O)O. The van der Waals surface area contributed by atoms with Crippen LogP contribution in [0.2, 0.25) is 5.02 Å². The molecule has 0 heterocycles. The summed E-state index contributed by atoms with van der Waals surface area (Å²) >= 11 is 5.77. The second-order valence-electron chi connectivity index (χ2n) is 5.05. The second-order valence-corrected chi connectivity index (χ2v) is 5.49. The van der Waals surface area contributed by atoms with Crippen LogP contribution in [0.25, 0.3) is 0 Å². The summed E-state index contributed by atoms with van der Waals surface area (Å²) < 4.78 is 0. The van der Waals surface area contributed by atoms with Gasteiger partial charge >= 0.3 is 11.9 Å². The van der Waals surface area contributed by atoms with Crippen LogP contribution in [0.3, 0.4) is 0 Å². The second kappa shape index (κ2) is 6.72. The van der Waals surface area contributed by atoms with Gasteiger partial charge in [0.15, 0.2) is 5.41 Å². The molecule has 0 bridgehead atoms. The van der Waals surface area contributed by atoms with Crippen LogP contribution in [0.5, 0.6) is 0 Å². The van der Waals surface area contributed by atoms with E-state index in [0.717, 1.165) is 0 Å². The quantitative estimate of drug-likeness (QED) is 0.753. The predicted molar refractivity (Wildman–Crippen MR) is 76.0 cm³/mol. The fourth-order valence-corrected chi connectivity index (χ4v) is 2.04. The van der Waals surface area contributed by atoms with Crippen LogP contribution in [0, 0.1) is 5.41 Å². The maximum atomic E-state index is 11.5. The third kappa shape index (κ3) is 3.95. The van der Waals surface area contributed by atoms with Gasteiger partial charge in [0.05, 0.1) is 0 Å². The number of carbonyl (C=O) groups is 2. The molecule has 110 valence electrons. The van der Waals surface area contributed by atoms with Crippen molar-refractivity contribution in [3.8, 4) is 0 Å². The molecule has 0 radical (unpaired) electrons. The summed E-state index contributed by atoms with van der Waals surface area (Å²) in [5, 5.41) is 19.3. The predicted octanol–water partition coefficient (Wildman–Crippen LogP) is 1.99. The summed E-state index contributed by atoms with van der Waals surface area (Å²) in [7, 11) is 3.55. The first-order chi connectivity index (χ1) is 9.28. The molecular weight excluding hydrogens is 282 g/mol. The standard InChI is InChI=1S/C14H18ClNO4/c1-16(2)8-7-14(12(17)18,13(19)20)9-10-3-5-11(15)6-4-10/h3-6H,7-9H2,1-2H3,(H,17,18)(H,19,20). The van der Waals surface area contributed by atoms with Crippen LogP contribution in [0.4, 0.5) is 0 Å². The fraction of sp³-hybridized carbons (Fsp3) is 0.429. The molecule has 0 aromatic heterocycles. The van der Waals surface area contributed by atoms with Crippen molar-refractivity contribution in [3.05, 3.63) is 34.9 Å². The van der Waals surface area contributed by atoms with Crippen molar-refractivity contribution >= 4 is 23.5 Å². The van der Waals surface area contributed by atoms with E-state index in [0.29, 0.717) is 17.1 Å². The molecule has 0 amide bonds. The van der Waals surface area contributed by atoms with Crippen molar-refractivity contribution in [1.29, 1.82) is 0 Å². The van der Waals surface area contributed by atoms with E-state index in [1.165, 1.54) is 0 Å². The van der Waals surface area contributed by atoms with Crippen LogP contribution >= 0.6 is 11.6 Å². The number of hydrogen-bond donors (Lipinski definition) is 2. The normalized spacial score (nSPS) is 11.6. The number of rotatable bonds is 7. The molecule has 0 aliphatic carbocycles. The molecule has 1 aromatic rings. The maximum Gasteiger partial charge on any atom is 0.321 e. The number of aliphatic carboxylic acids is 2. The highest BCUT2D eigenvalue weighted by Crippen LogP contribution is 2.29. The third-order valence-corrected chi connectivity index (χ3v) is 3.48. The molecule has 0 fully saturated rings. The minimum Gasteiger partial charge on any atom is -0.480 e. The van der Waals surface area contributed by atoms with Gasteiger partial charge in [-0.3, -0.25) is 9.59 Å². The zero-order valence-electron chi connectivity index (χ0n) is 11.5. The summed E-state index contributed by atoms with van der Waals surface area (Å²) in [6, 6.07) is 6.55. The van der Waals surface area contributed by atoms with E-state index in [1.54, 1.807) is 43.3 Å². The van der Waals surface area contributed by atoms with E-state index < -0.39 is 17.4 Å². The lowest BCUT2D eigenvalue weighted by Gasteiger charge is -2.26. The largest absolute Gasteiger partial charge is 0.480 e. The van der Waals surface area contributed by atoms with Crippen LogP contribution in [0.15, 0.2) is 24.3 Å². The number of carboxylic acids is 2. The van der Waals surface area contributed by atoms with Crippen molar-refractivity contribution in [1.82, 2.24) is 4.90 Å². The van der Waals surface area contributed by atoms with E-state index in [9.17, 15) is 19.8 Å². The average Bonchev–Trinajstić information content (AvgIpc) is 2.35. The molecule has 0 aliphatic heterocycles. The summed E-state index contributed by atoms with van der Waals surface area (Å²) in [5.74, 6) is -2.64. The van der Waals surface area contributed by atoms with Gasteiger partial charge in [0.1, 0.15) is 0 Å². The summed E-state index contributed by atoms with van der Waals surface area (Å²) in [6.45, 7) is 0.381. The maximum absolute atomic E-state index is 11.5. The molecule has 0 aliphatic rings. The number of hydrogen-bond acceptors (Lipinski definition) is 3. The highest BCUT2D eigenvalue weighted by molar-refractivity contribution is 6.30. The average molecular weight is 300 g/mol. The van der Waals surface area contributed by atoms with Gasteiger partial charge in [0, 0.05) is 5.02 Å². The molecule has 6 heteroatoms. The van der Waals surface area contributed by atoms with Gasteiger partial charge in [0.25, 0.3) is 0 Å². The molecule has 0 unspecified atom stereocenters. The van der Waals surface area contributed by atoms with E-state index in [2.05, 4.69) is 0 Å². The van der Waals surface area contributed by atoms with Gasteiger partial charge in [-0.15, -0.1) is 0 Å². The Balaban J connectivity index is 3.05. The smallest absolute Gasteiger partial charge is 0.321 e. The van der Waals surface area contributed by atoms with Crippen molar-refractivity contribution in [2.24, 2.45) is 5.41 Å². The molecular formula is C14H18ClNO4. The Bertz CT molecular complexity index is 470. The zero-order chi connectivity index (χ0) is 15.3. The van der Waals surface area contributed by atoms with Gasteiger partial charge in [0.2, 0.25) is 0 Å². The zero-order valence-corrected chi connectivity index (χ0v) is 12.2. The van der Waals surface area contributed by atoms with E-state index >= 15 is 0 Å². The Kier molecular flexibility index (Phi) is 5.53. The van der Waals surface area contributed by atoms with Gasteiger partial charge in [-0.2, -0.15) is 0 Å². The lowest BCUT2D eigenvalue weighted by atomic mass is 9.78. The summed E-state index contributed by atoms with van der Waals surface area (Å²) in [5.41, 5.74) is -1.18. The first kappa shape index (κ1) is 16.5. The first-order valence-electron chi connectivity index (χ1n) is 6.14. The highest BCUT2D eigenvalue weighted by atomic mass is 35.5. The Morgan fingerprint density at radius 3 is 2.05 bits per heavy atom. The Hall–Kier alpha value is -1.59. The van der Waals surface area contributed by atoms with Gasteiger partial charge < -0.3 is 15.1 Å². The molecule has 5 nitrogen and oxygen atoms in total. The Labute approximate surface area is 122 Å². The third-order valence-electron chi connectivity index (χ3n) is 3.22. The molecule has 20 heavy (non-hydrogen) atoms.